The van der Waals surface area contributed by atoms with Crippen LogP contribution in [0.15, 0.2) is 0 Å². The molecule has 7 heteroatoms. The van der Waals surface area contributed by atoms with Crippen LogP contribution in [-0.2, 0) is 0 Å². The molecule has 0 bridgehead atoms. The molecule has 58 valence electrons. The Morgan fingerprint density at radius 1 is 1.11 bits per heavy atom. The SMILES string of the molecule is NCCO.O[Si](O)(O)O. The van der Waals surface area contributed by atoms with Gasteiger partial charge in [0.1, 0.15) is 0 Å². The summed E-state index contributed by atoms with van der Waals surface area (Å²) >= 11 is 0. The van der Waals surface area contributed by atoms with E-state index in [1.165, 1.54) is 0 Å². The Morgan fingerprint density at radius 2 is 1.22 bits per heavy atom. The van der Waals surface area contributed by atoms with E-state index in [9.17, 15) is 0 Å². The van der Waals surface area contributed by atoms with Gasteiger partial charge in [-0.15, -0.1) is 0 Å². The minimum Gasteiger partial charge on any atom is -0.395 e. The minimum absolute atomic E-state index is 0.0972. The van der Waals surface area contributed by atoms with E-state index in [0.29, 0.717) is 6.54 Å². The Hall–Kier alpha value is -0.0231. The van der Waals surface area contributed by atoms with Gasteiger partial charge in [0.2, 0.25) is 0 Å². The lowest BCUT2D eigenvalue weighted by Crippen LogP contribution is -2.33. The number of aliphatic hydroxyl groups excluding tert-OH is 1. The molecule has 6 nitrogen and oxygen atoms in total. The van der Waals surface area contributed by atoms with Crippen molar-refractivity contribution in [3.05, 3.63) is 0 Å². The zero-order valence-corrected chi connectivity index (χ0v) is 5.73. The van der Waals surface area contributed by atoms with Gasteiger partial charge in [-0.2, -0.15) is 0 Å². The van der Waals surface area contributed by atoms with Gasteiger partial charge in [0.25, 0.3) is 0 Å². The first kappa shape index (κ1) is 11.7. The van der Waals surface area contributed by atoms with Gasteiger partial charge >= 0.3 is 9.05 Å². The van der Waals surface area contributed by atoms with Crippen molar-refractivity contribution >= 4 is 9.05 Å². The Kier molecular flexibility index (Phi) is 7.96. The van der Waals surface area contributed by atoms with E-state index >= 15 is 0 Å². The fourth-order valence-electron chi connectivity index (χ4n) is 0. The maximum absolute atomic E-state index is 7.75. The Labute approximate surface area is 53.3 Å². The lowest BCUT2D eigenvalue weighted by Gasteiger charge is -1.91. The van der Waals surface area contributed by atoms with Crippen molar-refractivity contribution in [3.63, 3.8) is 0 Å². The summed E-state index contributed by atoms with van der Waals surface area (Å²) in [5, 5.41) is 7.75. The topological polar surface area (TPSA) is 127 Å². The zero-order valence-electron chi connectivity index (χ0n) is 4.73. The largest absolute Gasteiger partial charge is 0.668 e. The molecule has 0 atom stereocenters. The first-order valence-electron chi connectivity index (χ1n) is 2.12. The van der Waals surface area contributed by atoms with Crippen molar-refractivity contribution in [1.82, 2.24) is 0 Å². The van der Waals surface area contributed by atoms with Crippen LogP contribution in [0.25, 0.3) is 0 Å². The third-order valence-electron chi connectivity index (χ3n) is 0.129. The second kappa shape index (κ2) is 6.10. The molecule has 0 radical (unpaired) electrons. The number of hydrogen-bond donors (Lipinski definition) is 6. The summed E-state index contributed by atoms with van der Waals surface area (Å²) < 4.78 is 0. The lowest BCUT2D eigenvalue weighted by atomic mass is 10.8. The molecule has 0 amide bonds. The van der Waals surface area contributed by atoms with Crippen molar-refractivity contribution in [3.8, 4) is 0 Å². The van der Waals surface area contributed by atoms with Crippen LogP contribution in [0.1, 0.15) is 0 Å². The number of nitrogens with two attached hydrogens (primary N) is 1. The van der Waals surface area contributed by atoms with E-state index in [0.717, 1.165) is 0 Å². The van der Waals surface area contributed by atoms with Crippen molar-refractivity contribution < 1.29 is 24.3 Å². The van der Waals surface area contributed by atoms with Gasteiger partial charge in [-0.25, -0.2) is 0 Å². The lowest BCUT2D eigenvalue weighted by molar-refractivity contribution is 0.117. The zero-order chi connectivity index (χ0) is 7.91. The fourth-order valence-corrected chi connectivity index (χ4v) is 0. The molecule has 9 heavy (non-hydrogen) atoms. The van der Waals surface area contributed by atoms with Crippen LogP contribution in [-0.4, -0.2) is 46.5 Å². The summed E-state index contributed by atoms with van der Waals surface area (Å²) in [5.74, 6) is 0. The molecule has 0 saturated heterocycles. The normalized spacial score (nSPS) is 10.0. The summed E-state index contributed by atoms with van der Waals surface area (Å²) in [6.45, 7) is 0.472. The van der Waals surface area contributed by atoms with Crippen molar-refractivity contribution in [1.29, 1.82) is 0 Å². The van der Waals surface area contributed by atoms with Gasteiger partial charge in [-0.1, -0.05) is 0 Å². The van der Waals surface area contributed by atoms with Crippen molar-refractivity contribution in [2.24, 2.45) is 5.73 Å². The van der Waals surface area contributed by atoms with Gasteiger partial charge in [0, 0.05) is 6.54 Å². The van der Waals surface area contributed by atoms with Crippen LogP contribution in [0.4, 0.5) is 0 Å². The van der Waals surface area contributed by atoms with Crippen LogP contribution < -0.4 is 5.73 Å². The van der Waals surface area contributed by atoms with E-state index in [1.54, 1.807) is 0 Å². The van der Waals surface area contributed by atoms with Crippen LogP contribution in [0.5, 0.6) is 0 Å². The van der Waals surface area contributed by atoms with Crippen LogP contribution in [0.3, 0.4) is 0 Å². The Balaban J connectivity index is 0. The maximum atomic E-state index is 7.75. The molecule has 0 heterocycles. The van der Waals surface area contributed by atoms with Crippen molar-refractivity contribution in [2.45, 2.75) is 0 Å². The average molecular weight is 157 g/mol. The third-order valence-corrected chi connectivity index (χ3v) is 0.129. The summed E-state index contributed by atoms with van der Waals surface area (Å²) in [7, 11) is -4.61. The van der Waals surface area contributed by atoms with E-state index < -0.39 is 9.05 Å². The Bertz CT molecular complexity index is 45.4. The molecule has 0 aromatic rings. The first-order valence-corrected chi connectivity index (χ1v) is 3.91. The van der Waals surface area contributed by atoms with Crippen LogP contribution in [0, 0.1) is 0 Å². The predicted molar refractivity (Wildman–Crippen MR) is 30.8 cm³/mol. The van der Waals surface area contributed by atoms with Crippen LogP contribution >= 0.6 is 0 Å². The molecule has 0 rings (SSSR count). The van der Waals surface area contributed by atoms with Gasteiger partial charge in [-0.3, -0.25) is 0 Å². The summed E-state index contributed by atoms with van der Waals surface area (Å²) in [6.07, 6.45) is 0. The number of aliphatic hydroxyl groups is 1. The summed E-state index contributed by atoms with van der Waals surface area (Å²) in [6, 6.07) is 0. The average Bonchev–Trinajstić information content (AvgIpc) is 1.61. The first-order chi connectivity index (χ1) is 3.91. The Morgan fingerprint density at radius 3 is 1.22 bits per heavy atom. The molecule has 0 aliphatic heterocycles. The highest BCUT2D eigenvalue weighted by molar-refractivity contribution is 6.46. The summed E-state index contributed by atoms with van der Waals surface area (Å²) in [4.78, 5) is 29.3. The van der Waals surface area contributed by atoms with Gasteiger partial charge < -0.3 is 30.0 Å². The molecular weight excluding hydrogens is 146 g/mol. The second-order valence-corrected chi connectivity index (χ2v) is 2.31. The third kappa shape index (κ3) is 299. The van der Waals surface area contributed by atoms with Gasteiger partial charge in [0.15, 0.2) is 0 Å². The smallest absolute Gasteiger partial charge is 0.395 e. The number of hydrogen-bond acceptors (Lipinski definition) is 6. The van der Waals surface area contributed by atoms with Crippen LogP contribution in [0.2, 0.25) is 0 Å². The van der Waals surface area contributed by atoms with E-state index in [-0.39, 0.29) is 6.61 Å². The highest BCUT2D eigenvalue weighted by atomic mass is 28.4. The van der Waals surface area contributed by atoms with E-state index in [1.807, 2.05) is 0 Å². The number of rotatable bonds is 1. The van der Waals surface area contributed by atoms with Crippen molar-refractivity contribution in [2.75, 3.05) is 13.2 Å². The molecule has 0 aromatic heterocycles. The molecule has 0 spiro atoms. The molecule has 0 aliphatic carbocycles. The fraction of sp³-hybridized carbons (Fsp3) is 1.00. The van der Waals surface area contributed by atoms with E-state index in [4.69, 9.17) is 30.0 Å². The molecular formula is C2H11NO5Si. The second-order valence-electron chi connectivity index (χ2n) is 1.11. The molecule has 0 unspecified atom stereocenters. The van der Waals surface area contributed by atoms with Gasteiger partial charge in [0.05, 0.1) is 6.61 Å². The predicted octanol–water partition coefficient (Wildman–Crippen LogP) is -3.67. The molecule has 0 aromatic carbocycles. The minimum atomic E-state index is -4.61. The quantitative estimate of drug-likeness (QED) is 0.218. The van der Waals surface area contributed by atoms with Gasteiger partial charge in [-0.05, 0) is 0 Å². The molecule has 0 fully saturated rings. The molecule has 0 saturated carbocycles. The monoisotopic (exact) mass is 157 g/mol. The summed E-state index contributed by atoms with van der Waals surface area (Å²) in [5.41, 5.74) is 4.78. The standard InChI is InChI=1S/C2H7NO.H4O4Si/c3-1-2-4;1-5(2,3)4/h4H,1-3H2;1-4H. The maximum Gasteiger partial charge on any atom is 0.668 e. The highest BCUT2D eigenvalue weighted by Gasteiger charge is 2.22. The molecule has 0 aliphatic rings. The highest BCUT2D eigenvalue weighted by Crippen LogP contribution is 1.67. The van der Waals surface area contributed by atoms with E-state index in [2.05, 4.69) is 0 Å². The molecule has 7 N–H and O–H groups in total.